The van der Waals surface area contributed by atoms with E-state index in [1.165, 1.54) is 0 Å². The maximum Gasteiger partial charge on any atom is 0.177 e. The third-order valence-electron chi connectivity index (χ3n) is 1.57. The molecule has 12 heavy (non-hydrogen) atoms. The lowest BCUT2D eigenvalue weighted by Crippen LogP contribution is -1.95. The fourth-order valence-electron chi connectivity index (χ4n) is 1.06. The standard InChI is InChI=1S/C7H8N4S/c1-5-3-7(12-2)11-6(9-5)4-8-10-11/h3-4H,1-2H3. The molecule has 0 fully saturated rings. The number of aryl methyl sites for hydroxylation is 1. The Morgan fingerprint density at radius 1 is 1.50 bits per heavy atom. The van der Waals surface area contributed by atoms with E-state index in [2.05, 4.69) is 15.3 Å². The molecule has 0 N–H and O–H groups in total. The number of nitrogens with zero attached hydrogens (tertiary/aromatic N) is 4. The molecule has 0 radical (unpaired) electrons. The molecule has 2 aromatic rings. The lowest BCUT2D eigenvalue weighted by Gasteiger charge is -2.00. The maximum absolute atomic E-state index is 4.27. The van der Waals surface area contributed by atoms with Gasteiger partial charge >= 0.3 is 0 Å². The topological polar surface area (TPSA) is 43.1 Å². The van der Waals surface area contributed by atoms with Crippen LogP contribution < -0.4 is 0 Å². The highest BCUT2D eigenvalue weighted by Gasteiger charge is 2.02. The lowest BCUT2D eigenvalue weighted by molar-refractivity contribution is 0.775. The van der Waals surface area contributed by atoms with E-state index in [9.17, 15) is 0 Å². The van der Waals surface area contributed by atoms with Gasteiger partial charge in [0.15, 0.2) is 5.65 Å². The van der Waals surface area contributed by atoms with Crippen LogP contribution in [0.2, 0.25) is 0 Å². The molecule has 0 aromatic carbocycles. The second-order valence-corrected chi connectivity index (χ2v) is 3.27. The molecule has 0 unspecified atom stereocenters. The molecule has 0 spiro atoms. The predicted octanol–water partition coefficient (Wildman–Crippen LogP) is 1.15. The van der Waals surface area contributed by atoms with Crippen LogP contribution in [0, 0.1) is 6.92 Å². The summed E-state index contributed by atoms with van der Waals surface area (Å²) in [4.78, 5) is 4.27. The molecular weight excluding hydrogens is 172 g/mol. The fraction of sp³-hybridized carbons (Fsp3) is 0.286. The van der Waals surface area contributed by atoms with E-state index in [0.717, 1.165) is 16.4 Å². The van der Waals surface area contributed by atoms with E-state index >= 15 is 0 Å². The molecule has 0 aliphatic carbocycles. The summed E-state index contributed by atoms with van der Waals surface area (Å²) < 4.78 is 1.73. The molecule has 4 nitrogen and oxygen atoms in total. The van der Waals surface area contributed by atoms with E-state index in [4.69, 9.17) is 0 Å². The molecule has 2 rings (SSSR count). The molecule has 0 saturated heterocycles. The number of thioether (sulfide) groups is 1. The first-order valence-corrected chi connectivity index (χ1v) is 4.76. The number of rotatable bonds is 1. The predicted molar refractivity (Wildman–Crippen MR) is 47.3 cm³/mol. The number of hydrogen-bond acceptors (Lipinski definition) is 4. The van der Waals surface area contributed by atoms with Crippen LogP contribution in [0.25, 0.3) is 5.65 Å². The molecule has 0 atom stereocenters. The Morgan fingerprint density at radius 3 is 3.08 bits per heavy atom. The second kappa shape index (κ2) is 2.75. The largest absolute Gasteiger partial charge is 0.232 e. The average Bonchev–Trinajstić information content (AvgIpc) is 2.50. The molecule has 2 aromatic heterocycles. The van der Waals surface area contributed by atoms with E-state index in [1.54, 1.807) is 22.5 Å². The average molecular weight is 180 g/mol. The van der Waals surface area contributed by atoms with E-state index in [0.29, 0.717) is 0 Å². The van der Waals surface area contributed by atoms with Crippen molar-refractivity contribution in [2.75, 3.05) is 6.26 Å². The van der Waals surface area contributed by atoms with Gasteiger partial charge in [0.2, 0.25) is 0 Å². The van der Waals surface area contributed by atoms with Crippen molar-refractivity contribution in [1.82, 2.24) is 19.8 Å². The zero-order chi connectivity index (χ0) is 8.55. The molecule has 0 aliphatic heterocycles. The zero-order valence-electron chi connectivity index (χ0n) is 6.85. The van der Waals surface area contributed by atoms with Crippen LogP contribution in [0.4, 0.5) is 0 Å². The lowest BCUT2D eigenvalue weighted by atomic mass is 10.4. The van der Waals surface area contributed by atoms with Crippen LogP contribution in [0.5, 0.6) is 0 Å². The summed E-state index contributed by atoms with van der Waals surface area (Å²) in [5.41, 5.74) is 1.80. The first-order chi connectivity index (χ1) is 5.81. The molecule has 0 amide bonds. The van der Waals surface area contributed by atoms with Gasteiger partial charge in [0, 0.05) is 5.69 Å². The highest BCUT2D eigenvalue weighted by Crippen LogP contribution is 2.15. The van der Waals surface area contributed by atoms with Crippen molar-refractivity contribution in [2.45, 2.75) is 11.9 Å². The monoisotopic (exact) mass is 180 g/mol. The molecule has 62 valence electrons. The Balaban J connectivity index is 2.80. The van der Waals surface area contributed by atoms with E-state index < -0.39 is 0 Å². The number of aromatic nitrogens is 4. The highest BCUT2D eigenvalue weighted by atomic mass is 32.2. The molecule has 0 bridgehead atoms. The quantitative estimate of drug-likeness (QED) is 0.488. The summed E-state index contributed by atoms with van der Waals surface area (Å²) >= 11 is 1.64. The molecule has 5 heteroatoms. The van der Waals surface area contributed by atoms with E-state index in [1.807, 2.05) is 19.2 Å². The van der Waals surface area contributed by atoms with Crippen molar-refractivity contribution in [1.29, 1.82) is 0 Å². The van der Waals surface area contributed by atoms with E-state index in [-0.39, 0.29) is 0 Å². The van der Waals surface area contributed by atoms with Gasteiger partial charge in [-0.2, -0.15) is 4.52 Å². The van der Waals surface area contributed by atoms with Gasteiger partial charge in [-0.05, 0) is 19.2 Å². The molecule has 0 saturated carbocycles. The Bertz CT molecular complexity index is 409. The van der Waals surface area contributed by atoms with Crippen LogP contribution in [0.3, 0.4) is 0 Å². The van der Waals surface area contributed by atoms with Crippen LogP contribution in [-0.4, -0.2) is 26.1 Å². The zero-order valence-corrected chi connectivity index (χ0v) is 7.67. The summed E-state index contributed by atoms with van der Waals surface area (Å²) in [7, 11) is 0. The number of hydrogen-bond donors (Lipinski definition) is 0. The Hall–Kier alpha value is -1.10. The summed E-state index contributed by atoms with van der Waals surface area (Å²) in [6, 6.07) is 1.99. The van der Waals surface area contributed by atoms with Crippen molar-refractivity contribution in [3.63, 3.8) is 0 Å². The van der Waals surface area contributed by atoms with Gasteiger partial charge in [0.1, 0.15) is 5.03 Å². The number of fused-ring (bicyclic) bond motifs is 1. The van der Waals surface area contributed by atoms with Crippen molar-refractivity contribution in [3.05, 3.63) is 18.0 Å². The van der Waals surface area contributed by atoms with Crippen molar-refractivity contribution in [3.8, 4) is 0 Å². The second-order valence-electron chi connectivity index (χ2n) is 2.44. The van der Waals surface area contributed by atoms with Crippen molar-refractivity contribution < 1.29 is 0 Å². The van der Waals surface area contributed by atoms with Gasteiger partial charge in [0.05, 0.1) is 6.20 Å². The SMILES string of the molecule is CSc1cc(C)nc2cnnn12. The molecule has 0 aliphatic rings. The summed E-state index contributed by atoms with van der Waals surface area (Å²) in [6.07, 6.45) is 3.67. The Kier molecular flexibility index (Phi) is 1.73. The normalized spacial score (nSPS) is 10.8. The Labute approximate surface area is 74.0 Å². The minimum atomic E-state index is 0.805. The summed E-state index contributed by atoms with van der Waals surface area (Å²) in [5.74, 6) is 0. The maximum atomic E-state index is 4.27. The minimum Gasteiger partial charge on any atom is -0.232 e. The van der Waals surface area contributed by atoms with Crippen LogP contribution in [-0.2, 0) is 0 Å². The smallest absolute Gasteiger partial charge is 0.177 e. The first kappa shape index (κ1) is 7.54. The van der Waals surface area contributed by atoms with Gasteiger partial charge in [-0.25, -0.2) is 4.98 Å². The van der Waals surface area contributed by atoms with Gasteiger partial charge in [-0.1, -0.05) is 5.21 Å². The van der Waals surface area contributed by atoms with Gasteiger partial charge in [0.25, 0.3) is 0 Å². The first-order valence-electron chi connectivity index (χ1n) is 3.53. The van der Waals surface area contributed by atoms with Gasteiger partial charge in [-0.3, -0.25) is 0 Å². The van der Waals surface area contributed by atoms with Crippen molar-refractivity contribution >= 4 is 17.4 Å². The Morgan fingerprint density at radius 2 is 2.33 bits per heavy atom. The third kappa shape index (κ3) is 1.06. The van der Waals surface area contributed by atoms with Gasteiger partial charge in [-0.15, -0.1) is 16.9 Å². The van der Waals surface area contributed by atoms with Crippen LogP contribution >= 0.6 is 11.8 Å². The van der Waals surface area contributed by atoms with Gasteiger partial charge < -0.3 is 0 Å². The minimum absolute atomic E-state index is 0.805. The van der Waals surface area contributed by atoms with Crippen LogP contribution in [0.15, 0.2) is 17.3 Å². The fourth-order valence-corrected chi connectivity index (χ4v) is 1.65. The van der Waals surface area contributed by atoms with Crippen LogP contribution in [0.1, 0.15) is 5.69 Å². The summed E-state index contributed by atoms with van der Waals surface area (Å²) in [6.45, 7) is 1.96. The molecular formula is C7H8N4S. The summed E-state index contributed by atoms with van der Waals surface area (Å²) in [5, 5.41) is 8.77. The molecule has 2 heterocycles. The van der Waals surface area contributed by atoms with Crippen molar-refractivity contribution in [2.24, 2.45) is 0 Å². The third-order valence-corrected chi connectivity index (χ3v) is 2.28. The highest BCUT2D eigenvalue weighted by molar-refractivity contribution is 7.98.